The van der Waals surface area contributed by atoms with E-state index < -0.39 is 23.4 Å². The van der Waals surface area contributed by atoms with Gasteiger partial charge in [-0.2, -0.15) is 0 Å². The molecule has 1 aromatic carbocycles. The van der Waals surface area contributed by atoms with Crippen molar-refractivity contribution in [3.63, 3.8) is 0 Å². The van der Waals surface area contributed by atoms with E-state index in [0.29, 0.717) is 4.90 Å². The zero-order valence-electron chi connectivity index (χ0n) is 16.0. The quantitative estimate of drug-likeness (QED) is 0.499. The molecule has 3 atom stereocenters. The van der Waals surface area contributed by atoms with Crippen LogP contribution in [0.4, 0.5) is 0 Å². The van der Waals surface area contributed by atoms with E-state index in [0.717, 1.165) is 0 Å². The van der Waals surface area contributed by atoms with Crippen molar-refractivity contribution in [2.45, 2.75) is 69.0 Å². The van der Waals surface area contributed by atoms with Crippen LogP contribution in [-0.2, 0) is 14.3 Å². The molecule has 0 radical (unpaired) electrons. The number of hydrogen-bond donors (Lipinski definition) is 0. The monoisotopic (exact) mass is 368 g/mol. The summed E-state index contributed by atoms with van der Waals surface area (Å²) in [4.78, 5) is 0.335. The molecule has 5 heteroatoms. The van der Waals surface area contributed by atoms with Crippen LogP contribution in [0.5, 0.6) is 0 Å². The van der Waals surface area contributed by atoms with Crippen molar-refractivity contribution in [2.24, 2.45) is 5.92 Å². The van der Waals surface area contributed by atoms with Gasteiger partial charge < -0.3 is 4.43 Å². The number of benzene rings is 1. The minimum atomic E-state index is -3.47. The van der Waals surface area contributed by atoms with Crippen LogP contribution in [0.25, 0.3) is 0 Å². The van der Waals surface area contributed by atoms with E-state index in [-0.39, 0.29) is 17.1 Å². The highest BCUT2D eigenvalue weighted by Gasteiger charge is 2.41. The molecule has 0 aliphatic carbocycles. The van der Waals surface area contributed by atoms with Gasteiger partial charge in [0.15, 0.2) is 18.2 Å². The van der Waals surface area contributed by atoms with E-state index in [1.165, 1.54) is 0 Å². The van der Waals surface area contributed by atoms with Gasteiger partial charge in [-0.1, -0.05) is 52.0 Å². The van der Waals surface area contributed by atoms with Gasteiger partial charge in [-0.05, 0) is 37.2 Å². The third-order valence-corrected chi connectivity index (χ3v) is 12.0. The average molecular weight is 369 g/mol. The molecule has 0 N–H and O–H groups in total. The highest BCUT2D eigenvalue weighted by molar-refractivity contribution is 7.92. The first-order chi connectivity index (χ1) is 10.8. The van der Waals surface area contributed by atoms with Crippen molar-refractivity contribution < 1.29 is 12.8 Å². The molecule has 136 valence electrons. The molecule has 1 unspecified atom stereocenters. The van der Waals surface area contributed by atoms with E-state index in [1.54, 1.807) is 30.3 Å². The molecule has 3 nitrogen and oxygen atoms in total. The second-order valence-electron chi connectivity index (χ2n) is 8.00. The molecule has 0 saturated heterocycles. The van der Waals surface area contributed by atoms with Gasteiger partial charge in [0.05, 0.1) is 10.1 Å². The number of rotatable bonds is 7. The predicted molar refractivity (Wildman–Crippen MR) is 105 cm³/mol. The molecule has 24 heavy (non-hydrogen) atoms. The zero-order chi connectivity index (χ0) is 18.8. The minimum Gasteiger partial charge on any atom is -0.414 e. The van der Waals surface area contributed by atoms with Crippen LogP contribution in [0.1, 0.15) is 34.6 Å². The lowest BCUT2D eigenvalue weighted by molar-refractivity contribution is 0.145. The maximum atomic E-state index is 13.0. The van der Waals surface area contributed by atoms with Crippen molar-refractivity contribution in [2.75, 3.05) is 0 Å². The first kappa shape index (κ1) is 21.1. The van der Waals surface area contributed by atoms with Crippen molar-refractivity contribution >= 4 is 18.2 Å². The lowest BCUT2D eigenvalue weighted by Crippen LogP contribution is -2.46. The Bertz CT molecular complexity index is 645. The summed E-state index contributed by atoms with van der Waals surface area (Å²) in [6.07, 6.45) is 1.38. The molecule has 0 saturated carbocycles. The summed E-state index contributed by atoms with van der Waals surface area (Å²) in [5.41, 5.74) is 0. The maximum absolute atomic E-state index is 13.0. The van der Waals surface area contributed by atoms with Gasteiger partial charge in [0.2, 0.25) is 0 Å². The summed E-state index contributed by atoms with van der Waals surface area (Å²) < 4.78 is 32.3. The molecule has 1 rings (SSSR count). The van der Waals surface area contributed by atoms with E-state index >= 15 is 0 Å². The van der Waals surface area contributed by atoms with E-state index in [2.05, 4.69) is 40.4 Å². The molecule has 0 heterocycles. The lowest BCUT2D eigenvalue weighted by Gasteiger charge is -2.40. The lowest BCUT2D eigenvalue weighted by atomic mass is 10.0. The van der Waals surface area contributed by atoms with Crippen molar-refractivity contribution in [3.8, 4) is 0 Å². The van der Waals surface area contributed by atoms with Crippen LogP contribution in [0.15, 0.2) is 47.9 Å². The van der Waals surface area contributed by atoms with Gasteiger partial charge in [0.25, 0.3) is 0 Å². The molecule has 0 fully saturated rings. The molecule has 0 aliphatic heterocycles. The van der Waals surface area contributed by atoms with E-state index in [4.69, 9.17) is 4.43 Å². The Balaban J connectivity index is 3.06. The fourth-order valence-electron chi connectivity index (χ4n) is 2.41. The van der Waals surface area contributed by atoms with Gasteiger partial charge >= 0.3 is 0 Å². The topological polar surface area (TPSA) is 43.4 Å². The Labute approximate surface area is 149 Å². The molecule has 0 aliphatic rings. The Morgan fingerprint density at radius 3 is 2.04 bits per heavy atom. The highest BCUT2D eigenvalue weighted by Crippen LogP contribution is 2.38. The van der Waals surface area contributed by atoms with Gasteiger partial charge in [-0.25, -0.2) is 8.42 Å². The van der Waals surface area contributed by atoms with Crippen LogP contribution in [0, 0.1) is 5.92 Å². The van der Waals surface area contributed by atoms with Gasteiger partial charge in [-0.3, -0.25) is 0 Å². The Morgan fingerprint density at radius 2 is 1.62 bits per heavy atom. The summed E-state index contributed by atoms with van der Waals surface area (Å²) in [5.74, 6) is -0.179. The summed E-state index contributed by atoms with van der Waals surface area (Å²) >= 11 is 0. The molecular formula is C19H32O3SSi. The van der Waals surface area contributed by atoms with Gasteiger partial charge in [0, 0.05) is 12.0 Å². The predicted octanol–water partition coefficient (Wildman–Crippen LogP) is 5.06. The van der Waals surface area contributed by atoms with E-state index in [9.17, 15) is 8.42 Å². The number of hydrogen-bond acceptors (Lipinski definition) is 3. The van der Waals surface area contributed by atoms with Crippen LogP contribution >= 0.6 is 0 Å². The normalized spacial score (nSPS) is 17.1. The van der Waals surface area contributed by atoms with Crippen LogP contribution in [0.3, 0.4) is 0 Å². The molecule has 0 bridgehead atoms. The minimum absolute atomic E-state index is 0.0863. The highest BCUT2D eigenvalue weighted by atomic mass is 32.2. The van der Waals surface area contributed by atoms with Gasteiger partial charge in [0.1, 0.15) is 0 Å². The molecule has 1 aromatic rings. The van der Waals surface area contributed by atoms with Crippen molar-refractivity contribution in [3.05, 3.63) is 43.0 Å². The summed E-state index contributed by atoms with van der Waals surface area (Å²) in [6, 6.07) is 8.57. The van der Waals surface area contributed by atoms with Gasteiger partial charge in [-0.15, -0.1) is 6.58 Å². The van der Waals surface area contributed by atoms with Crippen LogP contribution < -0.4 is 0 Å². The third-order valence-electron chi connectivity index (χ3n) is 5.21. The summed E-state index contributed by atoms with van der Waals surface area (Å²) in [5, 5.41) is -0.581. The maximum Gasteiger partial charge on any atom is 0.192 e. The Kier molecular flexibility index (Phi) is 6.64. The molecule has 0 aromatic heterocycles. The first-order valence-corrected chi connectivity index (χ1v) is 12.9. The largest absolute Gasteiger partial charge is 0.414 e. The molecular weight excluding hydrogens is 336 g/mol. The smallest absolute Gasteiger partial charge is 0.192 e. The second-order valence-corrected chi connectivity index (χ2v) is 14.9. The van der Waals surface area contributed by atoms with Crippen molar-refractivity contribution in [1.29, 1.82) is 0 Å². The third kappa shape index (κ3) is 4.58. The molecule has 0 amide bonds. The fraction of sp³-hybridized carbons (Fsp3) is 0.579. The Hall–Kier alpha value is -0.913. The standard InChI is InChI=1S/C19H32O3SSi/c1-9-18(23(20,21)17-13-11-10-12-14-17)15(2)16(3)22-24(7,8)19(4,5)6/h9-16,18H,1H2,2-8H3/t15-,16-,18?/m0/s1. The first-order valence-electron chi connectivity index (χ1n) is 8.44. The zero-order valence-corrected chi connectivity index (χ0v) is 17.9. The second kappa shape index (κ2) is 7.54. The Morgan fingerprint density at radius 1 is 1.12 bits per heavy atom. The molecule has 0 spiro atoms. The van der Waals surface area contributed by atoms with Crippen molar-refractivity contribution in [1.82, 2.24) is 0 Å². The fourth-order valence-corrected chi connectivity index (χ4v) is 5.80. The summed E-state index contributed by atoms with van der Waals surface area (Å²) in [6.45, 7) is 18.6. The van der Waals surface area contributed by atoms with E-state index in [1.807, 2.05) is 19.9 Å². The summed E-state index contributed by atoms with van der Waals surface area (Å²) in [7, 11) is -5.43. The van der Waals surface area contributed by atoms with Crippen LogP contribution in [-0.4, -0.2) is 28.1 Å². The number of sulfone groups is 1. The SMILES string of the molecule is C=CC([C@@H](C)[C@H](C)O[Si](C)(C)C(C)(C)C)S(=O)(=O)c1ccccc1. The average Bonchev–Trinajstić information content (AvgIpc) is 2.46. The van der Waals surface area contributed by atoms with Crippen LogP contribution in [0.2, 0.25) is 18.1 Å².